The van der Waals surface area contributed by atoms with Gasteiger partial charge in [0.2, 0.25) is 0 Å². The summed E-state index contributed by atoms with van der Waals surface area (Å²) in [5.41, 5.74) is 8.80. The van der Waals surface area contributed by atoms with Crippen molar-refractivity contribution < 1.29 is 9.59 Å². The van der Waals surface area contributed by atoms with Crippen molar-refractivity contribution in [3.63, 3.8) is 0 Å². The molecule has 0 spiro atoms. The molecule has 0 aliphatic heterocycles. The summed E-state index contributed by atoms with van der Waals surface area (Å²) in [6.07, 6.45) is 4.43. The monoisotopic (exact) mass is 368 g/mol. The minimum Gasteiger partial charge on any atom is -0.383 e. The van der Waals surface area contributed by atoms with Crippen LogP contribution in [0.25, 0.3) is 5.69 Å². The molecular formula is C21H28N4O2. The number of imidazole rings is 1. The van der Waals surface area contributed by atoms with Crippen molar-refractivity contribution in [2.45, 2.75) is 47.0 Å². The number of anilines is 1. The third kappa shape index (κ3) is 4.56. The number of carbonyl (C=O) groups excluding carboxylic acids is 2. The lowest BCUT2D eigenvalue weighted by Gasteiger charge is -2.18. The number of carbonyl (C=O) groups is 2. The summed E-state index contributed by atoms with van der Waals surface area (Å²) >= 11 is 0. The molecular weight excluding hydrogens is 340 g/mol. The van der Waals surface area contributed by atoms with E-state index in [4.69, 9.17) is 5.73 Å². The Labute approximate surface area is 160 Å². The summed E-state index contributed by atoms with van der Waals surface area (Å²) < 4.78 is 1.68. The number of amides is 1. The van der Waals surface area contributed by atoms with E-state index in [1.54, 1.807) is 10.9 Å². The van der Waals surface area contributed by atoms with Crippen LogP contribution in [0.3, 0.4) is 0 Å². The van der Waals surface area contributed by atoms with Crippen LogP contribution >= 0.6 is 0 Å². The molecule has 1 saturated carbocycles. The fourth-order valence-corrected chi connectivity index (χ4v) is 2.90. The van der Waals surface area contributed by atoms with Gasteiger partial charge in [0, 0.05) is 18.5 Å². The third-order valence-corrected chi connectivity index (χ3v) is 4.76. The van der Waals surface area contributed by atoms with Crippen LogP contribution in [0.4, 0.5) is 5.82 Å². The number of hydrogen-bond donors (Lipinski definition) is 2. The number of aromatic nitrogens is 2. The van der Waals surface area contributed by atoms with Crippen molar-refractivity contribution in [2.24, 2.45) is 11.3 Å². The standard InChI is InChI=1S/C21H28N4O2/c1-13-5-8-15(17(26)9-14-6-7-14)10-16(13)25-12-24-18(19(25)22)20(27)23-11-21(2,3)4/h5,8,10,12,14H,6-7,9,11,22H2,1-4H3,(H,23,27). The maximum absolute atomic E-state index is 12.4. The van der Waals surface area contributed by atoms with Crippen LogP contribution in [0.2, 0.25) is 0 Å². The predicted octanol–water partition coefficient (Wildman–Crippen LogP) is 3.52. The second kappa shape index (κ2) is 7.18. The summed E-state index contributed by atoms with van der Waals surface area (Å²) in [6.45, 7) is 8.61. The first-order chi connectivity index (χ1) is 12.7. The van der Waals surface area contributed by atoms with Crippen molar-refractivity contribution in [1.29, 1.82) is 0 Å². The molecule has 1 aromatic heterocycles. The Morgan fingerprint density at radius 1 is 1.30 bits per heavy atom. The molecule has 1 aromatic carbocycles. The molecule has 2 aromatic rings. The lowest BCUT2D eigenvalue weighted by molar-refractivity contribution is 0.0934. The topological polar surface area (TPSA) is 90.0 Å². The van der Waals surface area contributed by atoms with Gasteiger partial charge in [0.25, 0.3) is 5.91 Å². The molecule has 1 amide bonds. The van der Waals surface area contributed by atoms with E-state index < -0.39 is 0 Å². The maximum atomic E-state index is 12.4. The fraction of sp³-hybridized carbons (Fsp3) is 0.476. The number of aryl methyl sites for hydroxylation is 1. The largest absolute Gasteiger partial charge is 0.383 e. The Balaban J connectivity index is 1.85. The van der Waals surface area contributed by atoms with E-state index in [9.17, 15) is 9.59 Å². The summed E-state index contributed by atoms with van der Waals surface area (Å²) in [5, 5.41) is 2.87. The molecule has 0 saturated heterocycles. The van der Waals surface area contributed by atoms with Crippen molar-refractivity contribution in [2.75, 3.05) is 12.3 Å². The van der Waals surface area contributed by atoms with Gasteiger partial charge >= 0.3 is 0 Å². The molecule has 0 radical (unpaired) electrons. The zero-order valence-corrected chi connectivity index (χ0v) is 16.5. The highest BCUT2D eigenvalue weighted by Crippen LogP contribution is 2.34. The first-order valence-electron chi connectivity index (χ1n) is 9.41. The first-order valence-corrected chi connectivity index (χ1v) is 9.41. The minimum atomic E-state index is -0.292. The number of benzene rings is 1. The van der Waals surface area contributed by atoms with E-state index in [2.05, 4.69) is 10.3 Å². The summed E-state index contributed by atoms with van der Waals surface area (Å²) in [7, 11) is 0. The number of ketones is 1. The van der Waals surface area contributed by atoms with E-state index in [1.807, 2.05) is 45.9 Å². The van der Waals surface area contributed by atoms with Gasteiger partial charge in [0.15, 0.2) is 11.5 Å². The first kappa shape index (κ1) is 19.1. The molecule has 1 heterocycles. The van der Waals surface area contributed by atoms with Crippen LogP contribution in [-0.2, 0) is 0 Å². The molecule has 0 atom stereocenters. The average molecular weight is 368 g/mol. The molecule has 0 bridgehead atoms. The number of nitrogen functional groups attached to an aromatic ring is 1. The average Bonchev–Trinajstić information content (AvgIpc) is 3.32. The van der Waals surface area contributed by atoms with Crippen molar-refractivity contribution in [3.8, 4) is 5.69 Å². The second-order valence-electron chi connectivity index (χ2n) is 8.66. The van der Waals surface area contributed by atoms with Gasteiger partial charge in [-0.15, -0.1) is 0 Å². The number of Topliss-reactive ketones (excluding diaryl/α,β-unsaturated/α-hetero) is 1. The smallest absolute Gasteiger partial charge is 0.273 e. The number of hydrogen-bond acceptors (Lipinski definition) is 4. The van der Waals surface area contributed by atoms with Gasteiger partial charge in [-0.05, 0) is 42.7 Å². The summed E-state index contributed by atoms with van der Waals surface area (Å²) in [6, 6.07) is 5.61. The van der Waals surface area contributed by atoms with E-state index in [1.165, 1.54) is 0 Å². The molecule has 0 unspecified atom stereocenters. The van der Waals surface area contributed by atoms with E-state index in [-0.39, 0.29) is 28.6 Å². The zero-order valence-electron chi connectivity index (χ0n) is 16.5. The van der Waals surface area contributed by atoms with E-state index in [0.717, 1.165) is 24.1 Å². The molecule has 3 N–H and O–H groups in total. The fourth-order valence-electron chi connectivity index (χ4n) is 2.90. The molecule has 144 valence electrons. The minimum absolute atomic E-state index is 0.0280. The highest BCUT2D eigenvalue weighted by Gasteiger charge is 2.25. The van der Waals surface area contributed by atoms with Gasteiger partial charge in [0.05, 0.1) is 5.69 Å². The van der Waals surface area contributed by atoms with Gasteiger partial charge in [0.1, 0.15) is 12.1 Å². The molecule has 3 rings (SSSR count). The van der Waals surface area contributed by atoms with Crippen LogP contribution in [0.15, 0.2) is 24.5 Å². The normalized spacial score (nSPS) is 14.2. The van der Waals surface area contributed by atoms with Crippen molar-refractivity contribution >= 4 is 17.5 Å². The molecule has 1 aliphatic rings. The highest BCUT2D eigenvalue weighted by atomic mass is 16.2. The Hall–Kier alpha value is -2.63. The number of rotatable bonds is 6. The van der Waals surface area contributed by atoms with Crippen LogP contribution in [0.5, 0.6) is 0 Å². The van der Waals surface area contributed by atoms with Crippen LogP contribution in [0.1, 0.15) is 66.4 Å². The van der Waals surface area contributed by atoms with Gasteiger partial charge in [-0.1, -0.05) is 32.9 Å². The van der Waals surface area contributed by atoms with Crippen LogP contribution in [0, 0.1) is 18.3 Å². The van der Waals surface area contributed by atoms with Gasteiger partial charge < -0.3 is 11.1 Å². The van der Waals surface area contributed by atoms with Crippen LogP contribution < -0.4 is 11.1 Å². The van der Waals surface area contributed by atoms with E-state index in [0.29, 0.717) is 24.4 Å². The molecule has 6 heteroatoms. The Morgan fingerprint density at radius 3 is 2.63 bits per heavy atom. The Morgan fingerprint density at radius 2 is 2.00 bits per heavy atom. The number of nitrogens with one attached hydrogen (secondary N) is 1. The van der Waals surface area contributed by atoms with Crippen molar-refractivity contribution in [3.05, 3.63) is 41.3 Å². The Kier molecular flexibility index (Phi) is 5.09. The molecule has 1 aliphatic carbocycles. The molecule has 27 heavy (non-hydrogen) atoms. The summed E-state index contributed by atoms with van der Waals surface area (Å²) in [5.74, 6) is 0.676. The zero-order chi connectivity index (χ0) is 19.8. The highest BCUT2D eigenvalue weighted by molar-refractivity contribution is 5.98. The van der Waals surface area contributed by atoms with Crippen molar-refractivity contribution in [1.82, 2.24) is 14.9 Å². The Bertz CT molecular complexity index is 873. The summed E-state index contributed by atoms with van der Waals surface area (Å²) in [4.78, 5) is 29.1. The lowest BCUT2D eigenvalue weighted by atomic mass is 9.97. The van der Waals surface area contributed by atoms with Gasteiger partial charge in [-0.25, -0.2) is 4.98 Å². The second-order valence-corrected chi connectivity index (χ2v) is 8.66. The predicted molar refractivity (Wildman–Crippen MR) is 106 cm³/mol. The number of nitrogens with zero attached hydrogens (tertiary/aromatic N) is 2. The third-order valence-electron chi connectivity index (χ3n) is 4.76. The lowest BCUT2D eigenvalue weighted by Crippen LogP contribution is -2.32. The van der Waals surface area contributed by atoms with Gasteiger partial charge in [-0.3, -0.25) is 14.2 Å². The van der Waals surface area contributed by atoms with Gasteiger partial charge in [-0.2, -0.15) is 0 Å². The van der Waals surface area contributed by atoms with Crippen LogP contribution in [-0.4, -0.2) is 27.8 Å². The van der Waals surface area contributed by atoms with E-state index >= 15 is 0 Å². The number of nitrogens with two attached hydrogens (primary N) is 1. The molecule has 1 fully saturated rings. The quantitative estimate of drug-likeness (QED) is 0.763. The SMILES string of the molecule is Cc1ccc(C(=O)CC2CC2)cc1-n1cnc(C(=O)NCC(C)(C)C)c1N. The maximum Gasteiger partial charge on any atom is 0.273 e. The molecule has 6 nitrogen and oxygen atoms in total.